The second-order valence-corrected chi connectivity index (χ2v) is 8.04. The summed E-state index contributed by atoms with van der Waals surface area (Å²) in [4.78, 5) is 17.3. The van der Waals surface area contributed by atoms with Crippen LogP contribution in [0.4, 0.5) is 11.5 Å². The van der Waals surface area contributed by atoms with E-state index in [1.54, 1.807) is 6.20 Å². The number of carbonyl (C=O) groups excluding carboxylic acids is 1. The molecule has 2 aromatic carbocycles. The Labute approximate surface area is 178 Å². The van der Waals surface area contributed by atoms with Crippen molar-refractivity contribution < 1.29 is 4.79 Å². The van der Waals surface area contributed by atoms with Gasteiger partial charge in [-0.3, -0.25) is 4.79 Å². The lowest BCUT2D eigenvalue weighted by atomic mass is 9.88. The van der Waals surface area contributed by atoms with Gasteiger partial charge in [-0.2, -0.15) is 0 Å². The molecule has 2 N–H and O–H groups in total. The van der Waals surface area contributed by atoms with Crippen LogP contribution >= 0.6 is 0 Å². The Kier molecular flexibility index (Phi) is 6.75. The molecular formula is C26H29N3O. The minimum Gasteiger partial charge on any atom is -0.367 e. The smallest absolute Gasteiger partial charge is 0.225 e. The maximum absolute atomic E-state index is 12.8. The molecule has 1 amide bonds. The highest BCUT2D eigenvalue weighted by atomic mass is 16.1. The standard InChI is InChI=1S/C26H29N3O/c30-26(18-24(20-10-4-1-5-11-20)21-12-6-2-7-13-21)29-23-16-17-25(27-19-23)28-22-14-8-3-9-15-22/h1-2,4-7,10-13,16-17,19,22,24H,3,8-9,14-15,18H2,(H,27,28)(H,29,30). The quantitative estimate of drug-likeness (QED) is 0.513. The van der Waals surface area contributed by atoms with Crippen molar-refractivity contribution in [2.75, 3.05) is 10.6 Å². The number of hydrogen-bond donors (Lipinski definition) is 2. The number of nitrogens with zero attached hydrogens (tertiary/aromatic N) is 1. The number of aromatic nitrogens is 1. The molecule has 4 heteroatoms. The number of anilines is 2. The normalized spacial score (nSPS) is 14.4. The van der Waals surface area contributed by atoms with Gasteiger partial charge < -0.3 is 10.6 Å². The second-order valence-electron chi connectivity index (χ2n) is 8.04. The van der Waals surface area contributed by atoms with Crippen molar-refractivity contribution in [1.82, 2.24) is 4.98 Å². The fourth-order valence-electron chi connectivity index (χ4n) is 4.21. The minimum atomic E-state index is -0.0116. The van der Waals surface area contributed by atoms with Crippen LogP contribution in [0.5, 0.6) is 0 Å². The van der Waals surface area contributed by atoms with Crippen molar-refractivity contribution in [2.45, 2.75) is 50.5 Å². The number of nitrogens with one attached hydrogen (secondary N) is 2. The lowest BCUT2D eigenvalue weighted by Crippen LogP contribution is -2.22. The molecular weight excluding hydrogens is 370 g/mol. The molecule has 154 valence electrons. The second kappa shape index (κ2) is 10.1. The molecule has 1 heterocycles. The molecule has 0 atom stereocenters. The molecule has 1 saturated carbocycles. The van der Waals surface area contributed by atoms with Crippen LogP contribution in [0.25, 0.3) is 0 Å². The van der Waals surface area contributed by atoms with Crippen LogP contribution in [-0.4, -0.2) is 16.9 Å². The van der Waals surface area contributed by atoms with Crippen molar-refractivity contribution in [1.29, 1.82) is 0 Å². The van der Waals surface area contributed by atoms with Crippen LogP contribution in [-0.2, 0) is 4.79 Å². The number of hydrogen-bond acceptors (Lipinski definition) is 3. The van der Waals surface area contributed by atoms with E-state index in [1.807, 2.05) is 48.5 Å². The van der Waals surface area contributed by atoms with Gasteiger partial charge in [0.1, 0.15) is 5.82 Å². The Morgan fingerprint density at radius 3 is 2.07 bits per heavy atom. The Hall–Kier alpha value is -3.14. The van der Waals surface area contributed by atoms with Crippen molar-refractivity contribution in [2.24, 2.45) is 0 Å². The molecule has 0 aliphatic heterocycles. The zero-order valence-electron chi connectivity index (χ0n) is 17.3. The first kappa shape index (κ1) is 20.1. The molecule has 30 heavy (non-hydrogen) atoms. The SMILES string of the molecule is O=C(CC(c1ccccc1)c1ccccc1)Nc1ccc(NC2CCCCC2)nc1. The minimum absolute atomic E-state index is 0.0116. The average Bonchev–Trinajstić information content (AvgIpc) is 2.81. The van der Waals surface area contributed by atoms with Gasteiger partial charge in [0, 0.05) is 18.4 Å². The lowest BCUT2D eigenvalue weighted by molar-refractivity contribution is -0.116. The molecule has 1 fully saturated rings. The summed E-state index contributed by atoms with van der Waals surface area (Å²) in [6.45, 7) is 0. The Morgan fingerprint density at radius 1 is 0.867 bits per heavy atom. The molecule has 4 nitrogen and oxygen atoms in total. The zero-order valence-corrected chi connectivity index (χ0v) is 17.3. The molecule has 1 aliphatic rings. The van der Waals surface area contributed by atoms with Crippen molar-refractivity contribution in [3.63, 3.8) is 0 Å². The largest absolute Gasteiger partial charge is 0.367 e. The summed E-state index contributed by atoms with van der Waals surface area (Å²) in [6, 6.07) is 24.8. The summed E-state index contributed by atoms with van der Waals surface area (Å²) in [5.74, 6) is 0.890. The van der Waals surface area contributed by atoms with E-state index in [2.05, 4.69) is 39.9 Å². The van der Waals surface area contributed by atoms with Gasteiger partial charge in [-0.05, 0) is 36.1 Å². The van der Waals surface area contributed by atoms with E-state index >= 15 is 0 Å². The number of carbonyl (C=O) groups is 1. The monoisotopic (exact) mass is 399 g/mol. The summed E-state index contributed by atoms with van der Waals surface area (Å²) in [5, 5.41) is 6.53. The summed E-state index contributed by atoms with van der Waals surface area (Å²) >= 11 is 0. The molecule has 1 aromatic heterocycles. The van der Waals surface area contributed by atoms with E-state index in [9.17, 15) is 4.79 Å². The van der Waals surface area contributed by atoms with E-state index in [0.717, 1.165) is 22.6 Å². The van der Waals surface area contributed by atoms with Gasteiger partial charge in [-0.1, -0.05) is 79.9 Å². The summed E-state index contributed by atoms with van der Waals surface area (Å²) in [6.07, 6.45) is 8.45. The average molecular weight is 400 g/mol. The summed E-state index contributed by atoms with van der Waals surface area (Å²) in [7, 11) is 0. The highest BCUT2D eigenvalue weighted by Gasteiger charge is 2.18. The predicted molar refractivity (Wildman–Crippen MR) is 123 cm³/mol. The number of pyridine rings is 1. The summed E-state index contributed by atoms with van der Waals surface area (Å²) < 4.78 is 0. The van der Waals surface area contributed by atoms with Gasteiger partial charge in [0.05, 0.1) is 11.9 Å². The first-order chi connectivity index (χ1) is 14.8. The van der Waals surface area contributed by atoms with Gasteiger partial charge in [-0.25, -0.2) is 4.98 Å². The predicted octanol–water partition coefficient (Wildman–Crippen LogP) is 5.99. The molecule has 0 radical (unpaired) electrons. The van der Waals surface area contributed by atoms with Crippen LogP contribution in [0.2, 0.25) is 0 Å². The Morgan fingerprint density at radius 2 is 1.50 bits per heavy atom. The summed E-state index contributed by atoms with van der Waals surface area (Å²) in [5.41, 5.74) is 3.02. The van der Waals surface area contributed by atoms with E-state index in [-0.39, 0.29) is 11.8 Å². The van der Waals surface area contributed by atoms with Gasteiger partial charge in [0.25, 0.3) is 0 Å². The number of benzene rings is 2. The highest BCUT2D eigenvalue weighted by Crippen LogP contribution is 2.28. The third-order valence-electron chi connectivity index (χ3n) is 5.80. The third kappa shape index (κ3) is 5.47. The maximum Gasteiger partial charge on any atom is 0.225 e. The van der Waals surface area contributed by atoms with Crippen LogP contribution in [0, 0.1) is 0 Å². The zero-order chi connectivity index (χ0) is 20.6. The van der Waals surface area contributed by atoms with E-state index in [1.165, 1.54) is 32.1 Å². The van der Waals surface area contributed by atoms with Crippen LogP contribution in [0.3, 0.4) is 0 Å². The van der Waals surface area contributed by atoms with Gasteiger partial charge in [0.15, 0.2) is 0 Å². The fourth-order valence-corrected chi connectivity index (χ4v) is 4.21. The van der Waals surface area contributed by atoms with Gasteiger partial charge in [0.2, 0.25) is 5.91 Å². The van der Waals surface area contributed by atoms with Crippen LogP contribution in [0.1, 0.15) is 55.6 Å². The molecule has 4 rings (SSSR count). The first-order valence-corrected chi connectivity index (χ1v) is 10.9. The van der Waals surface area contributed by atoms with Crippen molar-refractivity contribution >= 4 is 17.4 Å². The van der Waals surface area contributed by atoms with Crippen molar-refractivity contribution in [3.05, 3.63) is 90.1 Å². The molecule has 0 bridgehead atoms. The van der Waals surface area contributed by atoms with Gasteiger partial charge >= 0.3 is 0 Å². The molecule has 0 saturated heterocycles. The maximum atomic E-state index is 12.8. The number of amides is 1. The first-order valence-electron chi connectivity index (χ1n) is 10.9. The lowest BCUT2D eigenvalue weighted by Gasteiger charge is -2.23. The number of rotatable bonds is 7. The highest BCUT2D eigenvalue weighted by molar-refractivity contribution is 5.91. The topological polar surface area (TPSA) is 54.0 Å². The molecule has 3 aromatic rings. The Balaban J connectivity index is 1.39. The molecule has 1 aliphatic carbocycles. The third-order valence-corrected chi connectivity index (χ3v) is 5.80. The Bertz CT molecular complexity index is 880. The van der Waals surface area contributed by atoms with Crippen molar-refractivity contribution in [3.8, 4) is 0 Å². The molecule has 0 unspecified atom stereocenters. The van der Waals surface area contributed by atoms with E-state index in [0.29, 0.717) is 12.5 Å². The van der Waals surface area contributed by atoms with E-state index < -0.39 is 0 Å². The van der Waals surface area contributed by atoms with Crippen LogP contribution < -0.4 is 10.6 Å². The molecule has 0 spiro atoms. The van der Waals surface area contributed by atoms with Gasteiger partial charge in [-0.15, -0.1) is 0 Å². The van der Waals surface area contributed by atoms with E-state index in [4.69, 9.17) is 0 Å². The fraction of sp³-hybridized carbons (Fsp3) is 0.308. The van der Waals surface area contributed by atoms with Crippen LogP contribution in [0.15, 0.2) is 79.0 Å².